The molecule has 7 rings (SSSR count). The van der Waals surface area contributed by atoms with Gasteiger partial charge in [-0.3, -0.25) is 14.5 Å². The van der Waals surface area contributed by atoms with Crippen molar-refractivity contribution in [3.63, 3.8) is 0 Å². The summed E-state index contributed by atoms with van der Waals surface area (Å²) in [5.41, 5.74) is 8.75. The van der Waals surface area contributed by atoms with E-state index in [4.69, 9.17) is 14.5 Å². The Kier molecular flexibility index (Phi) is 12.8. The molecule has 300 valence electrons. The number of rotatable bonds is 14. The van der Waals surface area contributed by atoms with Crippen LogP contribution in [0.5, 0.6) is 5.75 Å². The Morgan fingerprint density at radius 2 is 1.58 bits per heavy atom. The van der Waals surface area contributed by atoms with E-state index in [0.29, 0.717) is 55.9 Å². The van der Waals surface area contributed by atoms with Crippen LogP contribution in [0.4, 0.5) is 5.69 Å². The van der Waals surface area contributed by atoms with E-state index in [1.165, 1.54) is 5.56 Å². The summed E-state index contributed by atoms with van der Waals surface area (Å²) in [5, 5.41) is 19.1. The molecular weight excluding hydrogens is 717 g/mol. The molecule has 0 spiro atoms. The van der Waals surface area contributed by atoms with Crippen LogP contribution in [0.25, 0.3) is 22.2 Å². The summed E-state index contributed by atoms with van der Waals surface area (Å²) >= 11 is 0. The van der Waals surface area contributed by atoms with Gasteiger partial charge in [0, 0.05) is 93.0 Å². The van der Waals surface area contributed by atoms with Gasteiger partial charge >= 0.3 is 0 Å². The second kappa shape index (κ2) is 18.3. The number of methoxy groups -OCH3 is 1. The van der Waals surface area contributed by atoms with Crippen LogP contribution >= 0.6 is 0 Å². The average Bonchev–Trinajstić information content (AvgIpc) is 3.65. The van der Waals surface area contributed by atoms with Crippen molar-refractivity contribution in [1.82, 2.24) is 35.6 Å². The number of amides is 2. The summed E-state index contributed by atoms with van der Waals surface area (Å²) in [7, 11) is 1.66. The standard InChI is InChI=1S/C45H56N8O4/c1-6-41-39(42(50-37-14-16-57-17-15-37)40-25-48-53(7-2)43(40)51-41)24-47-45(55)35-13-9-12-34(21-35)44(54)46-23-32-19-36(22-38(20-32)56-5)33-11-8-10-31(18-33)28-52-26-29(3)49-30(4)27-52/h8-13,18-22,25,29-30,37,49H,6-7,14-17,23-24,26-28H2,1-5H3,(H,46,54)(H,47,55)(H,50,51)/t29-,30+. The summed E-state index contributed by atoms with van der Waals surface area (Å²) in [6.45, 7) is 14.2. The van der Waals surface area contributed by atoms with Gasteiger partial charge in [-0.15, -0.1) is 0 Å². The number of aromatic nitrogens is 3. The Labute approximate surface area is 335 Å². The lowest BCUT2D eigenvalue weighted by atomic mass is 10.00. The van der Waals surface area contributed by atoms with Crippen molar-refractivity contribution in [2.45, 2.75) is 91.3 Å². The highest BCUT2D eigenvalue weighted by Crippen LogP contribution is 2.32. The normalized spacial score (nSPS) is 17.7. The number of nitrogens with zero attached hydrogens (tertiary/aromatic N) is 4. The average molecular weight is 773 g/mol. The maximum Gasteiger partial charge on any atom is 0.251 e. The zero-order valence-corrected chi connectivity index (χ0v) is 33.9. The summed E-state index contributed by atoms with van der Waals surface area (Å²) in [5.74, 6) is 0.180. The molecule has 0 radical (unpaired) electrons. The maximum absolute atomic E-state index is 13.7. The fraction of sp³-hybridized carbons (Fsp3) is 0.422. The minimum absolute atomic E-state index is 0.249. The van der Waals surface area contributed by atoms with Crippen molar-refractivity contribution in [3.8, 4) is 16.9 Å². The number of carbonyl (C=O) groups is 2. The topological polar surface area (TPSA) is 135 Å². The van der Waals surface area contributed by atoms with E-state index in [2.05, 4.69) is 89.3 Å². The molecule has 4 heterocycles. The molecule has 12 heteroatoms. The molecule has 2 aliphatic rings. The van der Waals surface area contributed by atoms with Gasteiger partial charge in [-0.05, 0) is 105 Å². The van der Waals surface area contributed by atoms with Gasteiger partial charge in [0.2, 0.25) is 0 Å². The van der Waals surface area contributed by atoms with Crippen LogP contribution in [0.1, 0.15) is 83.6 Å². The molecule has 0 saturated carbocycles. The Morgan fingerprint density at radius 1 is 0.877 bits per heavy atom. The van der Waals surface area contributed by atoms with Crippen LogP contribution < -0.4 is 26.0 Å². The number of anilines is 1. The van der Waals surface area contributed by atoms with Gasteiger partial charge in [0.25, 0.3) is 11.8 Å². The number of carbonyl (C=O) groups excluding carboxylic acids is 2. The largest absolute Gasteiger partial charge is 0.497 e. The van der Waals surface area contributed by atoms with Gasteiger partial charge in [0.05, 0.1) is 24.4 Å². The number of aryl methyl sites for hydroxylation is 2. The summed E-state index contributed by atoms with van der Waals surface area (Å²) in [4.78, 5) is 34.7. The molecule has 57 heavy (non-hydrogen) atoms. The lowest BCUT2D eigenvalue weighted by Crippen LogP contribution is -2.53. The van der Waals surface area contributed by atoms with E-state index in [1.54, 1.807) is 31.4 Å². The first-order valence-corrected chi connectivity index (χ1v) is 20.3. The smallest absolute Gasteiger partial charge is 0.251 e. The van der Waals surface area contributed by atoms with Crippen molar-refractivity contribution < 1.29 is 19.1 Å². The molecule has 2 saturated heterocycles. The van der Waals surface area contributed by atoms with Crippen LogP contribution in [0, 0.1) is 0 Å². The molecule has 12 nitrogen and oxygen atoms in total. The molecule has 4 N–H and O–H groups in total. The monoisotopic (exact) mass is 772 g/mol. The van der Waals surface area contributed by atoms with Crippen molar-refractivity contribution in [3.05, 3.63) is 106 Å². The lowest BCUT2D eigenvalue weighted by molar-refractivity contribution is 0.0904. The number of benzene rings is 3. The Balaban J connectivity index is 1.03. The third kappa shape index (κ3) is 9.64. The minimum atomic E-state index is -0.270. The van der Waals surface area contributed by atoms with Crippen molar-refractivity contribution >= 4 is 28.5 Å². The number of hydrogen-bond donors (Lipinski definition) is 4. The summed E-state index contributed by atoms with van der Waals surface area (Å²) < 4.78 is 13.2. The van der Waals surface area contributed by atoms with Crippen LogP contribution in [0.3, 0.4) is 0 Å². The second-order valence-electron chi connectivity index (χ2n) is 15.4. The van der Waals surface area contributed by atoms with E-state index in [9.17, 15) is 9.59 Å². The van der Waals surface area contributed by atoms with Gasteiger partial charge < -0.3 is 30.7 Å². The molecule has 2 aromatic heterocycles. The fourth-order valence-corrected chi connectivity index (χ4v) is 8.18. The number of nitrogens with one attached hydrogen (secondary N) is 4. The molecule has 0 bridgehead atoms. The van der Waals surface area contributed by atoms with E-state index in [-0.39, 0.29) is 24.4 Å². The Hall–Kier alpha value is -5.30. The fourth-order valence-electron chi connectivity index (χ4n) is 8.18. The predicted molar refractivity (Wildman–Crippen MR) is 225 cm³/mol. The number of pyridine rings is 1. The van der Waals surface area contributed by atoms with E-state index >= 15 is 0 Å². The minimum Gasteiger partial charge on any atom is -0.497 e. The Bertz CT molecular complexity index is 2190. The zero-order chi connectivity index (χ0) is 39.9. The van der Waals surface area contributed by atoms with Gasteiger partial charge in [0.15, 0.2) is 5.65 Å². The van der Waals surface area contributed by atoms with Crippen LogP contribution in [0.2, 0.25) is 0 Å². The molecule has 3 aromatic carbocycles. The number of piperazine rings is 1. The highest BCUT2D eigenvalue weighted by molar-refractivity contribution is 6.00. The van der Waals surface area contributed by atoms with Crippen LogP contribution in [0.15, 0.2) is 72.9 Å². The third-order valence-corrected chi connectivity index (χ3v) is 10.9. The van der Waals surface area contributed by atoms with Crippen molar-refractivity contribution in [1.29, 1.82) is 0 Å². The molecule has 0 unspecified atom stereocenters. The first-order chi connectivity index (χ1) is 27.7. The van der Waals surface area contributed by atoms with E-state index < -0.39 is 0 Å². The number of ether oxygens (including phenoxy) is 2. The molecule has 2 aliphatic heterocycles. The molecule has 5 aromatic rings. The molecule has 0 aliphatic carbocycles. The second-order valence-corrected chi connectivity index (χ2v) is 15.4. The van der Waals surface area contributed by atoms with Gasteiger partial charge in [0.1, 0.15) is 5.75 Å². The van der Waals surface area contributed by atoms with Gasteiger partial charge in [-0.25, -0.2) is 9.67 Å². The van der Waals surface area contributed by atoms with Crippen LogP contribution in [-0.4, -0.2) is 83.0 Å². The SMILES string of the molecule is CCc1nc2c(cnn2CC)c(NC2CCOCC2)c1CNC(=O)c1cccc(C(=O)NCc2cc(OC)cc(-c3cccc(CN4C[C@@H](C)N[C@@H](C)C4)c3)c2)c1. The first kappa shape index (κ1) is 39.9. The predicted octanol–water partition coefficient (Wildman–Crippen LogP) is 6.32. The number of fused-ring (bicyclic) bond motifs is 1. The molecule has 2 fully saturated rings. The third-order valence-electron chi connectivity index (χ3n) is 10.9. The van der Waals surface area contributed by atoms with Gasteiger partial charge in [-0.2, -0.15) is 5.10 Å². The molecule has 2 amide bonds. The van der Waals surface area contributed by atoms with Crippen molar-refractivity contribution in [2.75, 3.05) is 38.7 Å². The van der Waals surface area contributed by atoms with Crippen molar-refractivity contribution in [2.24, 2.45) is 0 Å². The first-order valence-electron chi connectivity index (χ1n) is 20.3. The Morgan fingerprint density at radius 3 is 2.28 bits per heavy atom. The zero-order valence-electron chi connectivity index (χ0n) is 33.9. The summed E-state index contributed by atoms with van der Waals surface area (Å²) in [6.07, 6.45) is 4.36. The summed E-state index contributed by atoms with van der Waals surface area (Å²) in [6, 6.07) is 22.7. The van der Waals surface area contributed by atoms with Crippen LogP contribution in [-0.2, 0) is 37.3 Å². The maximum atomic E-state index is 13.7. The highest BCUT2D eigenvalue weighted by atomic mass is 16.5. The lowest BCUT2D eigenvalue weighted by Gasteiger charge is -2.36. The van der Waals surface area contributed by atoms with Gasteiger partial charge in [-0.1, -0.05) is 31.2 Å². The molecular formula is C45H56N8O4. The quantitative estimate of drug-likeness (QED) is 0.102. The van der Waals surface area contributed by atoms with E-state index in [1.807, 2.05) is 23.0 Å². The molecule has 2 atom stereocenters. The van der Waals surface area contributed by atoms with E-state index in [0.717, 1.165) is 82.9 Å². The number of hydrogen-bond acceptors (Lipinski definition) is 9. The highest BCUT2D eigenvalue weighted by Gasteiger charge is 2.23.